The number of hydrogen-bond donors (Lipinski definition) is 2. The van der Waals surface area contributed by atoms with E-state index in [1.54, 1.807) is 24.4 Å². The minimum absolute atomic E-state index is 0.409. The molecule has 2 aromatic rings. The van der Waals surface area contributed by atoms with E-state index in [-0.39, 0.29) is 0 Å². The Balaban J connectivity index is 2.17. The van der Waals surface area contributed by atoms with Gasteiger partial charge in [-0.05, 0) is 25.1 Å². The van der Waals surface area contributed by atoms with Crippen LogP contribution >= 0.6 is 11.6 Å². The van der Waals surface area contributed by atoms with Gasteiger partial charge in [-0.3, -0.25) is 0 Å². The Kier molecular flexibility index (Phi) is 4.06. The van der Waals surface area contributed by atoms with Gasteiger partial charge in [0.15, 0.2) is 0 Å². The van der Waals surface area contributed by atoms with Gasteiger partial charge in [0.25, 0.3) is 0 Å². The first-order valence-corrected chi connectivity index (χ1v) is 6.10. The van der Waals surface area contributed by atoms with Crippen molar-refractivity contribution in [3.05, 3.63) is 46.5 Å². The summed E-state index contributed by atoms with van der Waals surface area (Å²) in [7, 11) is 1.34. The van der Waals surface area contributed by atoms with E-state index < -0.39 is 5.97 Å². The Morgan fingerprint density at radius 2 is 2.32 bits per heavy atom. The zero-order valence-electron chi connectivity index (χ0n) is 10.7. The highest BCUT2D eigenvalue weighted by Crippen LogP contribution is 2.22. The summed E-state index contributed by atoms with van der Waals surface area (Å²) in [5.41, 5.74) is 2.01. The molecule has 0 unspecified atom stereocenters. The van der Waals surface area contributed by atoms with E-state index in [4.69, 9.17) is 16.3 Å². The van der Waals surface area contributed by atoms with Gasteiger partial charge >= 0.3 is 5.97 Å². The Morgan fingerprint density at radius 1 is 1.53 bits per heavy atom. The number of esters is 1. The van der Waals surface area contributed by atoms with Crippen LogP contribution in [0.1, 0.15) is 21.9 Å². The normalized spacial score (nSPS) is 10.3. The maximum absolute atomic E-state index is 11.7. The third-order valence-corrected chi connectivity index (χ3v) is 2.85. The van der Waals surface area contributed by atoms with E-state index in [0.717, 1.165) is 11.5 Å². The molecule has 0 aliphatic carbocycles. The number of benzene rings is 1. The predicted octanol–water partition coefficient (Wildman–Crippen LogP) is 2.77. The van der Waals surface area contributed by atoms with Gasteiger partial charge in [-0.15, -0.1) is 0 Å². The number of ether oxygens (including phenoxy) is 1. The standard InChI is InChI=1S/C13H14ClN3O2/c1-8-15-6-10(17-8)7-16-12-4-3-9(14)5-11(12)13(18)19-2/h3-6,16H,7H2,1-2H3,(H,15,17). The van der Waals surface area contributed by atoms with Crippen molar-refractivity contribution in [1.82, 2.24) is 9.97 Å². The molecule has 1 aromatic carbocycles. The fourth-order valence-electron chi connectivity index (χ4n) is 1.70. The van der Waals surface area contributed by atoms with Crippen LogP contribution in [0.5, 0.6) is 0 Å². The van der Waals surface area contributed by atoms with Crippen molar-refractivity contribution in [1.29, 1.82) is 0 Å². The maximum atomic E-state index is 11.7. The number of hydrogen-bond acceptors (Lipinski definition) is 4. The van der Waals surface area contributed by atoms with Crippen molar-refractivity contribution < 1.29 is 9.53 Å². The number of anilines is 1. The van der Waals surface area contributed by atoms with Gasteiger partial charge in [0.1, 0.15) is 5.82 Å². The molecule has 0 amide bonds. The molecule has 0 radical (unpaired) electrons. The first-order valence-electron chi connectivity index (χ1n) is 5.72. The van der Waals surface area contributed by atoms with Crippen molar-refractivity contribution in [3.8, 4) is 0 Å². The van der Waals surface area contributed by atoms with Gasteiger partial charge in [0.2, 0.25) is 0 Å². The zero-order valence-corrected chi connectivity index (χ0v) is 11.4. The number of carbonyl (C=O) groups is 1. The molecule has 19 heavy (non-hydrogen) atoms. The van der Waals surface area contributed by atoms with E-state index in [2.05, 4.69) is 15.3 Å². The highest BCUT2D eigenvalue weighted by atomic mass is 35.5. The molecule has 100 valence electrons. The zero-order chi connectivity index (χ0) is 13.8. The van der Waals surface area contributed by atoms with Crippen LogP contribution in [0.25, 0.3) is 0 Å². The Labute approximate surface area is 116 Å². The fraction of sp³-hybridized carbons (Fsp3) is 0.231. The van der Waals surface area contributed by atoms with Gasteiger partial charge in [-0.1, -0.05) is 11.6 Å². The molecule has 1 aromatic heterocycles. The van der Waals surface area contributed by atoms with Crippen LogP contribution in [-0.2, 0) is 11.3 Å². The summed E-state index contributed by atoms with van der Waals surface area (Å²) in [6, 6.07) is 5.04. The number of methoxy groups -OCH3 is 1. The number of halogens is 1. The largest absolute Gasteiger partial charge is 0.465 e. The maximum Gasteiger partial charge on any atom is 0.340 e. The number of aryl methyl sites for hydroxylation is 1. The minimum atomic E-state index is -0.425. The third-order valence-electron chi connectivity index (χ3n) is 2.61. The number of rotatable bonds is 4. The topological polar surface area (TPSA) is 67.0 Å². The number of nitrogens with one attached hydrogen (secondary N) is 2. The number of aromatic amines is 1. The van der Waals surface area contributed by atoms with Crippen molar-refractivity contribution in [2.45, 2.75) is 13.5 Å². The molecule has 0 saturated carbocycles. The molecule has 6 heteroatoms. The summed E-state index contributed by atoms with van der Waals surface area (Å²) in [6.45, 7) is 2.41. The number of nitrogens with zero attached hydrogens (tertiary/aromatic N) is 1. The first-order chi connectivity index (χ1) is 9.10. The molecule has 0 atom stereocenters. The van der Waals surface area contributed by atoms with E-state index in [1.807, 2.05) is 6.92 Å². The number of H-pyrrole nitrogens is 1. The summed E-state index contributed by atoms with van der Waals surface area (Å²) >= 11 is 5.89. The van der Waals surface area contributed by atoms with Gasteiger partial charge in [-0.25, -0.2) is 9.78 Å². The lowest BCUT2D eigenvalue weighted by Gasteiger charge is -2.10. The molecule has 1 heterocycles. The molecule has 2 N–H and O–H groups in total. The Bertz CT molecular complexity index is 595. The van der Waals surface area contributed by atoms with Crippen molar-refractivity contribution in [2.24, 2.45) is 0 Å². The highest BCUT2D eigenvalue weighted by molar-refractivity contribution is 6.31. The summed E-state index contributed by atoms with van der Waals surface area (Å²) in [6.07, 6.45) is 1.75. The van der Waals surface area contributed by atoms with Gasteiger partial charge < -0.3 is 15.0 Å². The third kappa shape index (κ3) is 3.26. The molecule has 0 aliphatic heterocycles. The average Bonchev–Trinajstić information content (AvgIpc) is 2.82. The van der Waals surface area contributed by atoms with E-state index in [1.165, 1.54) is 7.11 Å². The van der Waals surface area contributed by atoms with Crippen molar-refractivity contribution >= 4 is 23.3 Å². The van der Waals surface area contributed by atoms with Crippen molar-refractivity contribution in [2.75, 3.05) is 12.4 Å². The fourth-order valence-corrected chi connectivity index (χ4v) is 1.87. The molecular formula is C13H14ClN3O2. The van der Waals surface area contributed by atoms with Crippen LogP contribution in [0.4, 0.5) is 5.69 Å². The number of carbonyl (C=O) groups excluding carboxylic acids is 1. The van der Waals surface area contributed by atoms with Gasteiger partial charge in [-0.2, -0.15) is 0 Å². The Hall–Kier alpha value is -2.01. The molecule has 0 aliphatic rings. The second-order valence-corrected chi connectivity index (χ2v) is 4.47. The first kappa shape index (κ1) is 13.4. The summed E-state index contributed by atoms with van der Waals surface area (Å²) in [5, 5.41) is 3.64. The second kappa shape index (κ2) is 5.75. The van der Waals surface area contributed by atoms with Crippen LogP contribution in [0.3, 0.4) is 0 Å². The summed E-state index contributed by atoms with van der Waals surface area (Å²) in [5.74, 6) is 0.423. The van der Waals surface area contributed by atoms with Gasteiger partial charge in [0.05, 0.1) is 31.1 Å². The second-order valence-electron chi connectivity index (χ2n) is 4.03. The number of aromatic nitrogens is 2. The molecule has 0 bridgehead atoms. The van der Waals surface area contributed by atoms with Crippen molar-refractivity contribution in [3.63, 3.8) is 0 Å². The average molecular weight is 280 g/mol. The molecule has 0 saturated heterocycles. The lowest BCUT2D eigenvalue weighted by molar-refractivity contribution is 0.0602. The summed E-state index contributed by atoms with van der Waals surface area (Å²) in [4.78, 5) is 18.9. The Morgan fingerprint density at radius 3 is 2.95 bits per heavy atom. The van der Waals surface area contributed by atoms with Crippen LogP contribution in [0.15, 0.2) is 24.4 Å². The predicted molar refractivity (Wildman–Crippen MR) is 73.4 cm³/mol. The van der Waals surface area contributed by atoms with Crippen LogP contribution < -0.4 is 5.32 Å². The molecule has 5 nitrogen and oxygen atoms in total. The van der Waals surface area contributed by atoms with Crippen LogP contribution in [-0.4, -0.2) is 23.0 Å². The lowest BCUT2D eigenvalue weighted by atomic mass is 10.1. The van der Waals surface area contributed by atoms with Crippen LogP contribution in [0.2, 0.25) is 5.02 Å². The lowest BCUT2D eigenvalue weighted by Crippen LogP contribution is -2.08. The van der Waals surface area contributed by atoms with E-state index in [9.17, 15) is 4.79 Å². The monoisotopic (exact) mass is 279 g/mol. The summed E-state index contributed by atoms with van der Waals surface area (Å²) < 4.78 is 4.73. The minimum Gasteiger partial charge on any atom is -0.465 e. The molecular weight excluding hydrogens is 266 g/mol. The van der Waals surface area contributed by atoms with E-state index in [0.29, 0.717) is 22.8 Å². The SMILES string of the molecule is COC(=O)c1cc(Cl)ccc1NCc1cnc(C)[nH]1. The highest BCUT2D eigenvalue weighted by Gasteiger charge is 2.12. The number of imidazole rings is 1. The molecule has 0 spiro atoms. The smallest absolute Gasteiger partial charge is 0.340 e. The van der Waals surface area contributed by atoms with E-state index >= 15 is 0 Å². The quantitative estimate of drug-likeness (QED) is 0.845. The van der Waals surface area contributed by atoms with Gasteiger partial charge in [0, 0.05) is 10.7 Å². The molecule has 0 fully saturated rings. The van der Waals surface area contributed by atoms with Crippen LogP contribution in [0, 0.1) is 6.92 Å². The molecule has 2 rings (SSSR count).